The van der Waals surface area contributed by atoms with Crippen molar-refractivity contribution in [3.8, 4) is 11.3 Å². The quantitative estimate of drug-likeness (QED) is 0.0788. The van der Waals surface area contributed by atoms with Crippen LogP contribution in [-0.2, 0) is 35.7 Å². The molecule has 1 aliphatic rings. The van der Waals surface area contributed by atoms with Gasteiger partial charge in [-0.25, -0.2) is 0 Å². The van der Waals surface area contributed by atoms with Crippen LogP contribution >= 0.6 is 0 Å². The molecule has 219 valence electrons. The van der Waals surface area contributed by atoms with Crippen molar-refractivity contribution in [1.29, 1.82) is 0 Å². The zero-order valence-electron chi connectivity index (χ0n) is 25.2. The standard InChI is InChI=1S/C24H15N2OS.C11H20O2.Ir/c1-13-11-19-15(14(2)26-13)7-8-16-17-9-10-25-24-18-5-3-4-6-21(18)28(27)22(23(17)24)12-20(16)19;1-10(2,3)8(12)7-9(13)11(4,5)6;/h3-4,6-12H,1-2H3;7,12H,1-6H3;/q-1;;/b;8-7-;. The van der Waals surface area contributed by atoms with E-state index in [4.69, 9.17) is 0 Å². The van der Waals surface area contributed by atoms with Crippen molar-refractivity contribution in [3.63, 3.8) is 0 Å². The topological polar surface area (TPSA) is 80.1 Å². The summed E-state index contributed by atoms with van der Waals surface area (Å²) in [5, 5.41) is 16.2. The number of benzene rings is 3. The van der Waals surface area contributed by atoms with Gasteiger partial charge in [-0.1, -0.05) is 53.7 Å². The Labute approximate surface area is 263 Å². The van der Waals surface area contributed by atoms with Crippen molar-refractivity contribution in [3.05, 3.63) is 84.0 Å². The van der Waals surface area contributed by atoms with Crippen molar-refractivity contribution < 1.29 is 34.2 Å². The third kappa shape index (κ3) is 5.70. The average molecular weight is 756 g/mol. The van der Waals surface area contributed by atoms with Gasteiger partial charge >= 0.3 is 0 Å². The molecular formula is C35H35IrN2O3S-. The molecule has 0 aliphatic carbocycles. The van der Waals surface area contributed by atoms with Gasteiger partial charge in [0.05, 0.1) is 0 Å². The van der Waals surface area contributed by atoms with Crippen LogP contribution in [0.1, 0.15) is 52.9 Å². The summed E-state index contributed by atoms with van der Waals surface area (Å²) >= 11 is 0. The number of nitrogens with zero attached hydrogens (tertiary/aromatic N) is 2. The van der Waals surface area contributed by atoms with E-state index in [0.717, 1.165) is 64.8 Å². The summed E-state index contributed by atoms with van der Waals surface area (Å²) in [6, 6.07) is 19.4. The molecule has 2 aromatic heterocycles. The first-order chi connectivity index (χ1) is 19.2. The van der Waals surface area contributed by atoms with E-state index in [1.54, 1.807) is 0 Å². The molecular weight excluding hydrogens is 721 g/mol. The summed E-state index contributed by atoms with van der Waals surface area (Å²) in [5.41, 5.74) is 2.95. The van der Waals surface area contributed by atoms with Crippen LogP contribution in [0.15, 0.2) is 76.4 Å². The minimum absolute atomic E-state index is 0. The number of ketones is 1. The molecule has 7 heteroatoms. The first-order valence-corrected chi connectivity index (χ1v) is 14.8. The summed E-state index contributed by atoms with van der Waals surface area (Å²) < 4.78 is 13.5. The minimum Gasteiger partial charge on any atom is -0.512 e. The van der Waals surface area contributed by atoms with Gasteiger partial charge in [-0.3, -0.25) is 14.0 Å². The molecule has 6 rings (SSSR count). The van der Waals surface area contributed by atoms with Gasteiger partial charge in [-0.05, 0) is 69.6 Å². The molecule has 1 radical (unpaired) electrons. The maximum Gasteiger partial charge on any atom is 0.164 e. The zero-order valence-corrected chi connectivity index (χ0v) is 28.4. The number of aliphatic hydroxyl groups excluding tert-OH is 1. The largest absolute Gasteiger partial charge is 0.512 e. The van der Waals surface area contributed by atoms with Crippen LogP contribution in [0.25, 0.3) is 43.6 Å². The Morgan fingerprint density at radius 2 is 1.55 bits per heavy atom. The molecule has 3 aromatic carbocycles. The van der Waals surface area contributed by atoms with Crippen molar-refractivity contribution in [1.82, 2.24) is 9.97 Å². The molecule has 42 heavy (non-hydrogen) atoms. The Hall–Kier alpha value is -3.25. The second-order valence-electron chi connectivity index (χ2n) is 12.6. The molecule has 0 saturated carbocycles. The zero-order chi connectivity index (χ0) is 29.9. The maximum atomic E-state index is 13.5. The van der Waals surface area contributed by atoms with Gasteiger partial charge in [0, 0.05) is 75.7 Å². The van der Waals surface area contributed by atoms with E-state index < -0.39 is 16.2 Å². The smallest absolute Gasteiger partial charge is 0.164 e. The average Bonchev–Trinajstić information content (AvgIpc) is 2.90. The van der Waals surface area contributed by atoms with Crippen LogP contribution in [0.4, 0.5) is 0 Å². The molecule has 0 bridgehead atoms. The van der Waals surface area contributed by atoms with E-state index >= 15 is 0 Å². The van der Waals surface area contributed by atoms with E-state index in [-0.39, 0.29) is 37.1 Å². The number of aromatic nitrogens is 2. The SMILES string of the molecule is CC(C)(C)C(=O)/C=C(\O)C(C)(C)C.Cc1cc2c(ccc3c4ccnc5c4c(cc23)S(=O)c2ccc[c-]c2-5)c(C)n1.[Ir]. The first kappa shape index (κ1) is 31.7. The summed E-state index contributed by atoms with van der Waals surface area (Å²) in [6.45, 7) is 15.2. The predicted molar refractivity (Wildman–Crippen MR) is 168 cm³/mol. The van der Waals surface area contributed by atoms with Crippen molar-refractivity contribution >= 4 is 48.9 Å². The molecule has 3 heterocycles. The number of allylic oxidation sites excluding steroid dienone is 2. The number of carbonyl (C=O) groups is 1. The fourth-order valence-corrected chi connectivity index (χ4v) is 6.37. The van der Waals surface area contributed by atoms with Gasteiger partial charge in [0.15, 0.2) is 5.78 Å². The van der Waals surface area contributed by atoms with Gasteiger partial charge in [0.25, 0.3) is 0 Å². The minimum atomic E-state index is -1.26. The van der Waals surface area contributed by atoms with Crippen LogP contribution in [0.2, 0.25) is 0 Å². The van der Waals surface area contributed by atoms with Crippen LogP contribution in [0, 0.1) is 30.7 Å². The van der Waals surface area contributed by atoms with Crippen molar-refractivity contribution in [2.75, 3.05) is 0 Å². The van der Waals surface area contributed by atoms with E-state index in [9.17, 15) is 14.1 Å². The van der Waals surface area contributed by atoms with Crippen LogP contribution in [-0.4, -0.2) is 25.1 Å². The van der Waals surface area contributed by atoms with Gasteiger partial charge in [0.1, 0.15) is 5.76 Å². The monoisotopic (exact) mass is 756 g/mol. The third-order valence-corrected chi connectivity index (χ3v) is 8.83. The molecule has 1 N–H and O–H groups in total. The van der Waals surface area contributed by atoms with Gasteiger partial charge in [0.2, 0.25) is 0 Å². The maximum absolute atomic E-state index is 13.5. The number of hydrogen-bond acceptors (Lipinski definition) is 5. The van der Waals surface area contributed by atoms with Crippen LogP contribution < -0.4 is 0 Å². The number of rotatable bonds is 1. The molecule has 1 unspecified atom stereocenters. The Morgan fingerprint density at radius 3 is 2.21 bits per heavy atom. The van der Waals surface area contributed by atoms with Crippen molar-refractivity contribution in [2.24, 2.45) is 10.8 Å². The van der Waals surface area contributed by atoms with Gasteiger partial charge < -0.3 is 10.1 Å². The molecule has 5 aromatic rings. The Kier molecular flexibility index (Phi) is 8.63. The predicted octanol–water partition coefficient (Wildman–Crippen LogP) is 8.59. The summed E-state index contributed by atoms with van der Waals surface area (Å²) in [7, 11) is -1.26. The number of pyridine rings is 2. The normalized spacial score (nSPS) is 14.7. The Bertz CT molecular complexity index is 1930. The molecule has 1 atom stereocenters. The number of aliphatic hydroxyl groups is 1. The molecule has 0 amide bonds. The van der Waals surface area contributed by atoms with Gasteiger partial charge in [-0.2, -0.15) is 0 Å². The molecule has 1 aliphatic heterocycles. The van der Waals surface area contributed by atoms with Crippen LogP contribution in [0.5, 0.6) is 0 Å². The van der Waals surface area contributed by atoms with E-state index in [1.807, 2.05) is 85.9 Å². The number of carbonyl (C=O) groups excluding carboxylic acids is 1. The van der Waals surface area contributed by atoms with E-state index in [0.29, 0.717) is 0 Å². The first-order valence-electron chi connectivity index (χ1n) is 13.7. The summed E-state index contributed by atoms with van der Waals surface area (Å²) in [6.07, 6.45) is 3.17. The fraction of sp³-hybridized carbons (Fsp3) is 0.286. The summed E-state index contributed by atoms with van der Waals surface area (Å²) in [4.78, 5) is 22.3. The second kappa shape index (κ2) is 11.4. The fourth-order valence-electron chi connectivity index (χ4n) is 4.97. The Balaban J connectivity index is 0.000000249. The number of hydrogen-bond donors (Lipinski definition) is 1. The van der Waals surface area contributed by atoms with E-state index in [2.05, 4.69) is 40.3 Å². The van der Waals surface area contributed by atoms with Gasteiger partial charge in [-0.15, -0.1) is 29.8 Å². The molecule has 0 fully saturated rings. The Morgan fingerprint density at radius 1 is 0.881 bits per heavy atom. The molecule has 5 nitrogen and oxygen atoms in total. The third-order valence-electron chi connectivity index (χ3n) is 7.37. The molecule has 0 saturated heterocycles. The van der Waals surface area contributed by atoms with E-state index in [1.165, 1.54) is 6.08 Å². The van der Waals surface area contributed by atoms with Crippen LogP contribution in [0.3, 0.4) is 0 Å². The number of fused-ring (bicyclic) bond motifs is 6. The second-order valence-corrected chi connectivity index (χ2v) is 14.1. The van der Waals surface area contributed by atoms with Crippen molar-refractivity contribution in [2.45, 2.75) is 65.2 Å². The summed E-state index contributed by atoms with van der Waals surface area (Å²) in [5.74, 6) is 0.104. The molecule has 0 spiro atoms. The number of aryl methyl sites for hydroxylation is 2.